The zero-order chi connectivity index (χ0) is 25.1. The van der Waals surface area contributed by atoms with Crippen LogP contribution in [0.3, 0.4) is 0 Å². The van der Waals surface area contributed by atoms with Gasteiger partial charge in [-0.1, -0.05) is 23.4 Å². The monoisotopic (exact) mass is 510 g/mol. The fraction of sp³-hybridized carbons (Fsp3) is 0.115. The van der Waals surface area contributed by atoms with E-state index in [-0.39, 0.29) is 16.7 Å². The van der Waals surface area contributed by atoms with E-state index in [0.29, 0.717) is 26.9 Å². The molecule has 9 heteroatoms. The minimum Gasteiger partial charge on any atom is -0.459 e. The summed E-state index contributed by atoms with van der Waals surface area (Å²) in [5, 5.41) is 3.50. The highest BCUT2D eigenvalue weighted by atomic mass is 35.5. The van der Waals surface area contributed by atoms with Gasteiger partial charge in [-0.3, -0.25) is 9.59 Å². The van der Waals surface area contributed by atoms with E-state index in [1.165, 1.54) is 48.5 Å². The van der Waals surface area contributed by atoms with Crippen LogP contribution in [-0.4, -0.2) is 23.9 Å². The van der Waals surface area contributed by atoms with Crippen LogP contribution in [0.15, 0.2) is 88.3 Å². The Balaban J connectivity index is 1.66. The predicted octanol–water partition coefficient (Wildman–Crippen LogP) is 6.03. The minimum atomic E-state index is -0.576. The molecule has 6 nitrogen and oxygen atoms in total. The lowest BCUT2D eigenvalue weighted by molar-refractivity contribution is -0.120. The van der Waals surface area contributed by atoms with Gasteiger partial charge in [-0.25, -0.2) is 14.1 Å². The van der Waals surface area contributed by atoms with E-state index in [2.05, 4.69) is 5.32 Å². The molecule has 3 aromatic rings. The molecule has 1 heterocycles. The number of imide groups is 1. The van der Waals surface area contributed by atoms with Gasteiger partial charge in [-0.2, -0.15) is 0 Å². The van der Waals surface area contributed by atoms with Gasteiger partial charge in [0.1, 0.15) is 16.4 Å². The number of anilines is 2. The number of carbonyl (C=O) groups is 3. The second kappa shape index (κ2) is 10.3. The highest BCUT2D eigenvalue weighted by molar-refractivity contribution is 8.04. The Morgan fingerprint density at radius 2 is 1.57 bits per heavy atom. The summed E-state index contributed by atoms with van der Waals surface area (Å²) in [6.45, 7) is 3.49. The van der Waals surface area contributed by atoms with Crippen molar-refractivity contribution in [1.29, 1.82) is 0 Å². The largest absolute Gasteiger partial charge is 0.459 e. The average molecular weight is 511 g/mol. The number of nitrogens with one attached hydrogen (secondary N) is 1. The summed E-state index contributed by atoms with van der Waals surface area (Å²) in [5.74, 6) is -2.03. The van der Waals surface area contributed by atoms with E-state index in [1.54, 1.807) is 38.1 Å². The van der Waals surface area contributed by atoms with Crippen LogP contribution < -0.4 is 10.2 Å². The summed E-state index contributed by atoms with van der Waals surface area (Å²) in [4.78, 5) is 40.9. The second-order valence-corrected chi connectivity index (χ2v) is 9.36. The summed E-state index contributed by atoms with van der Waals surface area (Å²) in [7, 11) is 0. The molecular formula is C26H20ClFN2O4S. The Labute approximate surface area is 210 Å². The molecule has 0 radical (unpaired) electrons. The van der Waals surface area contributed by atoms with Gasteiger partial charge in [0.2, 0.25) is 0 Å². The molecule has 0 saturated carbocycles. The van der Waals surface area contributed by atoms with Crippen molar-refractivity contribution in [2.75, 3.05) is 10.2 Å². The molecule has 0 spiro atoms. The normalized spacial score (nSPS) is 13.6. The Bertz CT molecular complexity index is 1240. The third-order valence-electron chi connectivity index (χ3n) is 4.89. The minimum absolute atomic E-state index is 0.0600. The highest BCUT2D eigenvalue weighted by Gasteiger charge is 2.40. The van der Waals surface area contributed by atoms with Crippen LogP contribution in [-0.2, 0) is 14.3 Å². The zero-order valence-electron chi connectivity index (χ0n) is 18.7. The first-order chi connectivity index (χ1) is 16.7. The molecule has 3 aromatic carbocycles. The van der Waals surface area contributed by atoms with Crippen molar-refractivity contribution in [2.24, 2.45) is 0 Å². The molecule has 1 aliphatic heterocycles. The van der Waals surface area contributed by atoms with Crippen LogP contribution in [0.2, 0.25) is 5.02 Å². The lowest BCUT2D eigenvalue weighted by Crippen LogP contribution is -2.32. The van der Waals surface area contributed by atoms with Gasteiger partial charge in [0, 0.05) is 15.6 Å². The predicted molar refractivity (Wildman–Crippen MR) is 134 cm³/mol. The Morgan fingerprint density at radius 3 is 2.17 bits per heavy atom. The van der Waals surface area contributed by atoms with Gasteiger partial charge in [0.05, 0.1) is 17.4 Å². The number of thioether (sulfide) groups is 1. The number of carbonyl (C=O) groups excluding carboxylic acids is 3. The third-order valence-corrected chi connectivity index (χ3v) is 6.24. The third kappa shape index (κ3) is 5.55. The molecule has 1 N–H and O–H groups in total. The number of benzene rings is 3. The molecule has 0 bridgehead atoms. The van der Waals surface area contributed by atoms with E-state index in [0.717, 1.165) is 16.7 Å². The van der Waals surface area contributed by atoms with Crippen LogP contribution >= 0.6 is 23.4 Å². The zero-order valence-corrected chi connectivity index (χ0v) is 20.3. The quantitative estimate of drug-likeness (QED) is 0.309. The molecular weight excluding hydrogens is 491 g/mol. The van der Waals surface area contributed by atoms with Crippen molar-refractivity contribution in [2.45, 2.75) is 24.8 Å². The molecule has 1 aliphatic rings. The number of hydrogen-bond acceptors (Lipinski definition) is 6. The number of rotatable bonds is 7. The number of esters is 1. The number of nitrogens with zero attached hydrogens (tertiary/aromatic N) is 1. The maximum Gasteiger partial charge on any atom is 0.338 e. The SMILES string of the molecule is CC(C)OC(=O)c1ccc(N2C(=O)C(Nc3ccc(F)cc3)=C(Sc3ccc(Cl)cc3)C2=O)cc1. The van der Waals surface area contributed by atoms with Gasteiger partial charge in [-0.05, 0) is 86.6 Å². The first-order valence-electron chi connectivity index (χ1n) is 10.6. The smallest absolute Gasteiger partial charge is 0.338 e. The van der Waals surface area contributed by atoms with E-state index in [9.17, 15) is 18.8 Å². The van der Waals surface area contributed by atoms with Crippen molar-refractivity contribution in [3.63, 3.8) is 0 Å². The van der Waals surface area contributed by atoms with E-state index < -0.39 is 23.6 Å². The van der Waals surface area contributed by atoms with Crippen LogP contribution in [0.25, 0.3) is 0 Å². The summed E-state index contributed by atoms with van der Waals surface area (Å²) in [5.41, 5.74) is 1.11. The summed E-state index contributed by atoms with van der Waals surface area (Å²) in [6, 6.07) is 18.3. The molecule has 0 fully saturated rings. The van der Waals surface area contributed by atoms with Crippen LogP contribution in [0.5, 0.6) is 0 Å². The summed E-state index contributed by atoms with van der Waals surface area (Å²) < 4.78 is 18.5. The number of hydrogen-bond donors (Lipinski definition) is 1. The maximum absolute atomic E-state index is 13.4. The second-order valence-electron chi connectivity index (χ2n) is 7.84. The van der Waals surface area contributed by atoms with E-state index >= 15 is 0 Å². The molecule has 2 amide bonds. The van der Waals surface area contributed by atoms with Crippen molar-refractivity contribution in [3.05, 3.63) is 99.8 Å². The van der Waals surface area contributed by atoms with E-state index in [1.807, 2.05) is 0 Å². The fourth-order valence-corrected chi connectivity index (χ4v) is 4.33. The molecule has 0 aliphatic carbocycles. The van der Waals surface area contributed by atoms with Gasteiger partial charge < -0.3 is 10.1 Å². The number of amides is 2. The topological polar surface area (TPSA) is 75.7 Å². The van der Waals surface area contributed by atoms with Gasteiger partial charge >= 0.3 is 5.97 Å². The summed E-state index contributed by atoms with van der Waals surface area (Å²) >= 11 is 7.08. The molecule has 0 unspecified atom stereocenters. The van der Waals surface area contributed by atoms with Crippen LogP contribution in [0.4, 0.5) is 15.8 Å². The molecule has 4 rings (SSSR count). The van der Waals surface area contributed by atoms with Gasteiger partial charge in [0.15, 0.2) is 0 Å². The molecule has 0 atom stereocenters. The average Bonchev–Trinajstić information content (AvgIpc) is 3.05. The molecule has 35 heavy (non-hydrogen) atoms. The molecule has 0 saturated heterocycles. The van der Waals surface area contributed by atoms with Crippen molar-refractivity contribution in [3.8, 4) is 0 Å². The Hall–Kier alpha value is -3.62. The standard InChI is InChI=1S/C26H20ClFN2O4S/c1-15(2)34-26(33)16-3-11-20(12-4-16)30-24(31)22(29-19-9-7-18(28)8-10-19)23(25(30)32)35-21-13-5-17(27)6-14-21/h3-15,29H,1-2H3. The van der Waals surface area contributed by atoms with Gasteiger partial charge in [-0.15, -0.1) is 0 Å². The van der Waals surface area contributed by atoms with Crippen LogP contribution in [0.1, 0.15) is 24.2 Å². The number of ether oxygens (including phenoxy) is 1. The molecule has 0 aromatic heterocycles. The summed E-state index contributed by atoms with van der Waals surface area (Å²) in [6.07, 6.45) is -0.277. The van der Waals surface area contributed by atoms with E-state index in [4.69, 9.17) is 16.3 Å². The molecule has 178 valence electrons. The number of halogens is 2. The van der Waals surface area contributed by atoms with Crippen molar-refractivity contribution >= 4 is 52.5 Å². The first kappa shape index (κ1) is 24.5. The highest BCUT2D eigenvalue weighted by Crippen LogP contribution is 2.38. The lowest BCUT2D eigenvalue weighted by Gasteiger charge is -2.16. The Kier molecular flexibility index (Phi) is 7.23. The van der Waals surface area contributed by atoms with Crippen LogP contribution in [0, 0.1) is 5.82 Å². The fourth-order valence-electron chi connectivity index (χ4n) is 3.28. The Morgan fingerprint density at radius 1 is 0.943 bits per heavy atom. The maximum atomic E-state index is 13.4. The lowest BCUT2D eigenvalue weighted by atomic mass is 10.2. The van der Waals surface area contributed by atoms with Gasteiger partial charge in [0.25, 0.3) is 11.8 Å². The first-order valence-corrected chi connectivity index (χ1v) is 11.8. The van der Waals surface area contributed by atoms with Crippen molar-refractivity contribution in [1.82, 2.24) is 0 Å². The van der Waals surface area contributed by atoms with Crippen molar-refractivity contribution < 1.29 is 23.5 Å².